The van der Waals surface area contributed by atoms with Gasteiger partial charge in [0, 0.05) is 43.8 Å². The van der Waals surface area contributed by atoms with E-state index in [2.05, 4.69) is 4.72 Å². The van der Waals surface area contributed by atoms with E-state index in [4.69, 9.17) is 0 Å². The Kier molecular flexibility index (Phi) is 3.65. The van der Waals surface area contributed by atoms with Crippen LogP contribution in [0.4, 0.5) is 0 Å². The zero-order valence-electron chi connectivity index (χ0n) is 13.6. The van der Waals surface area contributed by atoms with E-state index in [1.807, 2.05) is 47.0 Å². The average molecular weight is 347 g/mol. The number of sulfonamides is 1. The highest BCUT2D eigenvalue weighted by Crippen LogP contribution is 2.29. The van der Waals surface area contributed by atoms with Crippen LogP contribution in [0.2, 0.25) is 0 Å². The lowest BCUT2D eigenvalue weighted by molar-refractivity contribution is 0.0761. The number of amides is 1. The zero-order chi connectivity index (χ0) is 16.9. The molecule has 1 N–H and O–H groups in total. The molecule has 0 bridgehead atoms. The highest BCUT2D eigenvalue weighted by molar-refractivity contribution is 7.90. The molecule has 24 heavy (non-hydrogen) atoms. The van der Waals surface area contributed by atoms with Gasteiger partial charge >= 0.3 is 0 Å². The van der Waals surface area contributed by atoms with Crippen LogP contribution in [0.3, 0.4) is 0 Å². The number of para-hydroxylation sites is 1. The fourth-order valence-corrected chi connectivity index (χ4v) is 5.81. The lowest BCUT2D eigenvalue weighted by Gasteiger charge is -2.20. The quantitative estimate of drug-likeness (QED) is 0.846. The number of nitrogens with one attached hydrogen (secondary N) is 1. The van der Waals surface area contributed by atoms with Gasteiger partial charge in [-0.25, -0.2) is 13.1 Å². The summed E-state index contributed by atoms with van der Waals surface area (Å²) in [6.07, 6.45) is 3.11. The second-order valence-electron chi connectivity index (χ2n) is 6.73. The van der Waals surface area contributed by atoms with Gasteiger partial charge < -0.3 is 9.47 Å². The minimum Gasteiger partial charge on any atom is -0.350 e. The Hall–Kier alpha value is -1.86. The number of hydrogen-bond donors (Lipinski definition) is 1. The molecule has 6 nitrogen and oxygen atoms in total. The molecule has 0 radical (unpaired) electrons. The molecule has 1 aromatic carbocycles. The van der Waals surface area contributed by atoms with Crippen LogP contribution in [0, 0.1) is 5.92 Å². The van der Waals surface area contributed by atoms with E-state index >= 15 is 0 Å². The highest BCUT2D eigenvalue weighted by atomic mass is 32.2. The first-order valence-corrected chi connectivity index (χ1v) is 9.84. The molecule has 2 aromatic rings. The van der Waals surface area contributed by atoms with Gasteiger partial charge in [0.15, 0.2) is 0 Å². The lowest BCUT2D eigenvalue weighted by Crippen LogP contribution is -2.33. The summed E-state index contributed by atoms with van der Waals surface area (Å²) in [6.45, 7) is 1.61. The summed E-state index contributed by atoms with van der Waals surface area (Å²) in [4.78, 5) is 14.8. The van der Waals surface area contributed by atoms with Gasteiger partial charge in [0.1, 0.15) is 0 Å². The van der Waals surface area contributed by atoms with Gasteiger partial charge in [-0.15, -0.1) is 0 Å². The van der Waals surface area contributed by atoms with Gasteiger partial charge in [-0.1, -0.05) is 18.2 Å². The first-order valence-electron chi connectivity index (χ1n) is 8.29. The van der Waals surface area contributed by atoms with Crippen LogP contribution in [0.25, 0.3) is 10.9 Å². The number of aromatic nitrogens is 1. The number of carbonyl (C=O) groups is 1. The molecule has 7 heteroatoms. The third kappa shape index (κ3) is 2.43. The van der Waals surface area contributed by atoms with Crippen molar-refractivity contribution in [2.45, 2.75) is 18.1 Å². The summed E-state index contributed by atoms with van der Waals surface area (Å²) in [5.41, 5.74) is 1.72. The first-order chi connectivity index (χ1) is 11.5. The minimum absolute atomic E-state index is 0.00266. The predicted molar refractivity (Wildman–Crippen MR) is 92.3 cm³/mol. The van der Waals surface area contributed by atoms with Crippen molar-refractivity contribution in [3.63, 3.8) is 0 Å². The molecule has 128 valence electrons. The van der Waals surface area contributed by atoms with E-state index in [1.54, 1.807) is 0 Å². The minimum atomic E-state index is -3.21. The SMILES string of the molecule is Cn1cc(C(=O)N2CC[C@@H]3CNS(=O)(=O)[C@@H]3CC2)c2ccccc21. The zero-order valence-corrected chi connectivity index (χ0v) is 14.4. The number of fused-ring (bicyclic) bond motifs is 2. The van der Waals surface area contributed by atoms with Gasteiger partial charge in [0.25, 0.3) is 5.91 Å². The number of likely N-dealkylation sites (tertiary alicyclic amines) is 1. The van der Waals surface area contributed by atoms with Gasteiger partial charge in [-0.2, -0.15) is 0 Å². The normalized spacial score (nSPS) is 26.3. The molecule has 2 aliphatic heterocycles. The Morgan fingerprint density at radius 3 is 2.79 bits per heavy atom. The van der Waals surface area contributed by atoms with E-state index in [9.17, 15) is 13.2 Å². The molecule has 2 aliphatic rings. The molecule has 0 unspecified atom stereocenters. The summed E-state index contributed by atoms with van der Waals surface area (Å²) in [5.74, 6) is 0.109. The molecular formula is C17H21N3O3S. The highest BCUT2D eigenvalue weighted by Gasteiger charge is 2.42. The summed E-state index contributed by atoms with van der Waals surface area (Å²) in [7, 11) is -1.27. The van der Waals surface area contributed by atoms with Crippen molar-refractivity contribution in [1.29, 1.82) is 0 Å². The Balaban J connectivity index is 1.61. The molecule has 3 heterocycles. The average Bonchev–Trinajstić information content (AvgIpc) is 2.94. The monoisotopic (exact) mass is 347 g/mol. The number of carbonyl (C=O) groups excluding carboxylic acids is 1. The van der Waals surface area contributed by atoms with Crippen LogP contribution in [0.1, 0.15) is 23.2 Å². The Morgan fingerprint density at radius 1 is 1.21 bits per heavy atom. The smallest absolute Gasteiger partial charge is 0.256 e. The second-order valence-corrected chi connectivity index (χ2v) is 8.72. The van der Waals surface area contributed by atoms with E-state index in [-0.39, 0.29) is 17.1 Å². The number of hydrogen-bond acceptors (Lipinski definition) is 3. The van der Waals surface area contributed by atoms with Crippen LogP contribution in [0.15, 0.2) is 30.5 Å². The molecule has 0 saturated carbocycles. The summed E-state index contributed by atoms with van der Waals surface area (Å²) < 4.78 is 28.7. The number of benzene rings is 1. The second kappa shape index (κ2) is 5.60. The largest absolute Gasteiger partial charge is 0.350 e. The third-order valence-electron chi connectivity index (χ3n) is 5.34. The van der Waals surface area contributed by atoms with Crippen molar-refractivity contribution in [1.82, 2.24) is 14.2 Å². The third-order valence-corrected chi connectivity index (χ3v) is 7.33. The van der Waals surface area contributed by atoms with Crippen LogP contribution in [-0.4, -0.2) is 48.7 Å². The Labute approximate surface area is 141 Å². The van der Waals surface area contributed by atoms with Crippen molar-refractivity contribution in [2.24, 2.45) is 13.0 Å². The van der Waals surface area contributed by atoms with Crippen LogP contribution >= 0.6 is 0 Å². The van der Waals surface area contributed by atoms with Crippen LogP contribution < -0.4 is 4.72 Å². The van der Waals surface area contributed by atoms with Crippen molar-refractivity contribution in [3.8, 4) is 0 Å². The molecule has 1 amide bonds. The van der Waals surface area contributed by atoms with E-state index < -0.39 is 10.0 Å². The Morgan fingerprint density at radius 2 is 1.96 bits per heavy atom. The van der Waals surface area contributed by atoms with Gasteiger partial charge in [0.2, 0.25) is 10.0 Å². The number of aryl methyl sites for hydroxylation is 1. The number of rotatable bonds is 1. The summed E-state index contributed by atoms with van der Waals surface area (Å²) in [5, 5.41) is 0.589. The van der Waals surface area contributed by atoms with Crippen molar-refractivity contribution < 1.29 is 13.2 Å². The lowest BCUT2D eigenvalue weighted by atomic mass is 10.0. The van der Waals surface area contributed by atoms with Crippen LogP contribution in [0.5, 0.6) is 0 Å². The van der Waals surface area contributed by atoms with Gasteiger partial charge in [0.05, 0.1) is 10.8 Å². The fraction of sp³-hybridized carbons (Fsp3) is 0.471. The maximum Gasteiger partial charge on any atom is 0.256 e. The van der Waals surface area contributed by atoms with Crippen molar-refractivity contribution in [2.75, 3.05) is 19.6 Å². The Bertz CT molecular complexity index is 903. The number of nitrogens with zero attached hydrogens (tertiary/aromatic N) is 2. The van der Waals surface area contributed by atoms with E-state index in [1.165, 1.54) is 0 Å². The van der Waals surface area contributed by atoms with Crippen LogP contribution in [-0.2, 0) is 17.1 Å². The predicted octanol–water partition coefficient (Wildman–Crippen LogP) is 1.33. The molecule has 0 spiro atoms. The van der Waals surface area contributed by atoms with Crippen molar-refractivity contribution >= 4 is 26.8 Å². The van der Waals surface area contributed by atoms with E-state index in [0.717, 1.165) is 17.3 Å². The van der Waals surface area contributed by atoms with Gasteiger partial charge in [-0.05, 0) is 24.8 Å². The maximum atomic E-state index is 13.0. The molecule has 2 atom stereocenters. The fourth-order valence-electron chi connectivity index (χ4n) is 4.00. The first kappa shape index (κ1) is 15.7. The molecule has 0 aliphatic carbocycles. The maximum absolute atomic E-state index is 13.0. The summed E-state index contributed by atoms with van der Waals surface area (Å²) >= 11 is 0. The van der Waals surface area contributed by atoms with E-state index in [0.29, 0.717) is 31.6 Å². The molecule has 1 aromatic heterocycles. The van der Waals surface area contributed by atoms with Gasteiger partial charge in [-0.3, -0.25) is 4.79 Å². The molecule has 2 fully saturated rings. The standard InChI is InChI=1S/C17H21N3O3S/c1-19-11-14(13-4-2-3-5-15(13)19)17(21)20-8-6-12-10-18-24(22,23)16(12)7-9-20/h2-5,11-12,16,18H,6-10H2,1H3/t12-,16-/m1/s1. The molecule has 2 saturated heterocycles. The van der Waals surface area contributed by atoms with Crippen molar-refractivity contribution in [3.05, 3.63) is 36.0 Å². The topological polar surface area (TPSA) is 71.4 Å². The molecular weight excluding hydrogens is 326 g/mol. The summed E-state index contributed by atoms with van der Waals surface area (Å²) in [6, 6.07) is 7.85. The molecule has 4 rings (SSSR count).